The highest BCUT2D eigenvalue weighted by Gasteiger charge is 2.23. The van der Waals surface area contributed by atoms with E-state index in [1.54, 1.807) is 0 Å². The summed E-state index contributed by atoms with van der Waals surface area (Å²) in [4.78, 5) is 17.9. The number of hydrogen-bond acceptors (Lipinski definition) is 3. The molecule has 1 fully saturated rings. The standard InChI is InChI=1S/C14H28N4O2/c1-3-16-14(17-7-9-20-4-2)18-8-5-6-12(11-18)10-13(15)19/h12H,3-11H2,1-2H3,(H2,15,19)(H,16,17). The molecule has 116 valence electrons. The number of likely N-dealkylation sites (tertiary alicyclic amines) is 1. The van der Waals surface area contributed by atoms with Crippen molar-refractivity contribution in [2.75, 3.05) is 39.4 Å². The van der Waals surface area contributed by atoms with Gasteiger partial charge in [-0.2, -0.15) is 0 Å². The van der Waals surface area contributed by atoms with Gasteiger partial charge in [0.2, 0.25) is 5.91 Å². The van der Waals surface area contributed by atoms with Gasteiger partial charge in [-0.05, 0) is 32.6 Å². The summed E-state index contributed by atoms with van der Waals surface area (Å²) in [6.45, 7) is 8.73. The third-order valence-corrected chi connectivity index (χ3v) is 3.34. The molecule has 0 aromatic carbocycles. The van der Waals surface area contributed by atoms with Crippen LogP contribution in [-0.4, -0.2) is 56.2 Å². The van der Waals surface area contributed by atoms with Crippen molar-refractivity contribution in [1.29, 1.82) is 0 Å². The molecule has 1 aliphatic heterocycles. The number of primary amides is 1. The Labute approximate surface area is 121 Å². The molecule has 0 bridgehead atoms. The summed E-state index contributed by atoms with van der Waals surface area (Å²) in [5.41, 5.74) is 5.30. The van der Waals surface area contributed by atoms with Crippen LogP contribution in [0.3, 0.4) is 0 Å². The number of ether oxygens (including phenoxy) is 1. The number of rotatable bonds is 7. The Bertz CT molecular complexity index is 320. The zero-order valence-corrected chi connectivity index (χ0v) is 12.7. The van der Waals surface area contributed by atoms with Gasteiger partial charge in [-0.1, -0.05) is 0 Å². The molecule has 1 aliphatic rings. The van der Waals surface area contributed by atoms with Crippen LogP contribution in [0.1, 0.15) is 33.1 Å². The Balaban J connectivity index is 2.53. The molecule has 1 heterocycles. The molecule has 0 aromatic heterocycles. The van der Waals surface area contributed by atoms with Gasteiger partial charge in [0, 0.05) is 32.7 Å². The Morgan fingerprint density at radius 2 is 2.30 bits per heavy atom. The minimum absolute atomic E-state index is 0.213. The topological polar surface area (TPSA) is 80.0 Å². The SMILES string of the molecule is CCNC(=NCCOCC)N1CCCC(CC(N)=O)C1. The number of nitrogens with zero attached hydrogens (tertiary/aromatic N) is 2. The van der Waals surface area contributed by atoms with Gasteiger partial charge < -0.3 is 20.7 Å². The molecule has 1 atom stereocenters. The second-order valence-corrected chi connectivity index (χ2v) is 5.06. The summed E-state index contributed by atoms with van der Waals surface area (Å²) < 4.78 is 5.31. The molecule has 1 unspecified atom stereocenters. The number of aliphatic imine (C=N–C) groups is 1. The average molecular weight is 284 g/mol. The summed E-state index contributed by atoms with van der Waals surface area (Å²) in [5, 5.41) is 3.31. The zero-order valence-electron chi connectivity index (χ0n) is 12.7. The largest absolute Gasteiger partial charge is 0.380 e. The molecule has 0 spiro atoms. The molecule has 0 aromatic rings. The molecule has 6 heteroatoms. The summed E-state index contributed by atoms with van der Waals surface area (Å²) in [6, 6.07) is 0. The Morgan fingerprint density at radius 3 is 2.95 bits per heavy atom. The molecular formula is C14H28N4O2. The second-order valence-electron chi connectivity index (χ2n) is 5.06. The number of nitrogens with one attached hydrogen (secondary N) is 1. The molecule has 20 heavy (non-hydrogen) atoms. The van der Waals surface area contributed by atoms with Gasteiger partial charge in [0.25, 0.3) is 0 Å². The monoisotopic (exact) mass is 284 g/mol. The maximum Gasteiger partial charge on any atom is 0.217 e. The van der Waals surface area contributed by atoms with E-state index in [2.05, 4.69) is 22.1 Å². The minimum Gasteiger partial charge on any atom is -0.380 e. The highest BCUT2D eigenvalue weighted by molar-refractivity contribution is 5.80. The number of guanidine groups is 1. The van der Waals surface area contributed by atoms with E-state index in [1.807, 2.05) is 6.92 Å². The van der Waals surface area contributed by atoms with Crippen LogP contribution in [0, 0.1) is 5.92 Å². The van der Waals surface area contributed by atoms with Crippen LogP contribution in [0.15, 0.2) is 4.99 Å². The van der Waals surface area contributed by atoms with Gasteiger partial charge in [0.1, 0.15) is 0 Å². The number of piperidine rings is 1. The first kappa shape index (κ1) is 16.8. The van der Waals surface area contributed by atoms with E-state index in [0.29, 0.717) is 25.5 Å². The summed E-state index contributed by atoms with van der Waals surface area (Å²) in [6.07, 6.45) is 2.61. The molecule has 1 amide bonds. The van der Waals surface area contributed by atoms with E-state index in [-0.39, 0.29) is 5.91 Å². The Kier molecular flexibility index (Phi) is 8.02. The summed E-state index contributed by atoms with van der Waals surface area (Å²) in [7, 11) is 0. The first-order valence-electron chi connectivity index (χ1n) is 7.56. The lowest BCUT2D eigenvalue weighted by molar-refractivity contribution is -0.119. The van der Waals surface area contributed by atoms with Crippen molar-refractivity contribution < 1.29 is 9.53 Å². The smallest absolute Gasteiger partial charge is 0.217 e. The predicted octanol–water partition coefficient (Wildman–Crippen LogP) is 0.576. The number of hydrogen-bond donors (Lipinski definition) is 2. The quantitative estimate of drug-likeness (QED) is 0.407. The van der Waals surface area contributed by atoms with Crippen LogP contribution in [-0.2, 0) is 9.53 Å². The lowest BCUT2D eigenvalue weighted by Gasteiger charge is -2.34. The summed E-state index contributed by atoms with van der Waals surface area (Å²) in [5.74, 6) is 1.05. The van der Waals surface area contributed by atoms with E-state index >= 15 is 0 Å². The molecule has 0 aliphatic carbocycles. The van der Waals surface area contributed by atoms with Gasteiger partial charge in [0.05, 0.1) is 13.2 Å². The number of amides is 1. The normalized spacial score (nSPS) is 20.0. The van der Waals surface area contributed by atoms with Gasteiger partial charge in [0.15, 0.2) is 5.96 Å². The minimum atomic E-state index is -0.213. The van der Waals surface area contributed by atoms with Crippen LogP contribution in [0.2, 0.25) is 0 Å². The lowest BCUT2D eigenvalue weighted by Crippen LogP contribution is -2.47. The number of nitrogens with two attached hydrogens (primary N) is 1. The van der Waals surface area contributed by atoms with Crippen LogP contribution in [0.5, 0.6) is 0 Å². The first-order valence-corrected chi connectivity index (χ1v) is 7.56. The van der Waals surface area contributed by atoms with Crippen molar-refractivity contribution in [3.8, 4) is 0 Å². The van der Waals surface area contributed by atoms with Crippen molar-refractivity contribution in [3.05, 3.63) is 0 Å². The number of carbonyl (C=O) groups is 1. The van der Waals surface area contributed by atoms with E-state index < -0.39 is 0 Å². The van der Waals surface area contributed by atoms with Crippen LogP contribution >= 0.6 is 0 Å². The Morgan fingerprint density at radius 1 is 1.50 bits per heavy atom. The van der Waals surface area contributed by atoms with Crippen molar-refractivity contribution in [2.24, 2.45) is 16.6 Å². The molecule has 3 N–H and O–H groups in total. The Hall–Kier alpha value is -1.30. The van der Waals surface area contributed by atoms with Gasteiger partial charge in [-0.3, -0.25) is 9.79 Å². The first-order chi connectivity index (χ1) is 9.67. The van der Waals surface area contributed by atoms with Crippen molar-refractivity contribution in [3.63, 3.8) is 0 Å². The third kappa shape index (κ3) is 6.23. The zero-order chi connectivity index (χ0) is 14.8. The van der Waals surface area contributed by atoms with E-state index in [1.165, 1.54) is 0 Å². The third-order valence-electron chi connectivity index (χ3n) is 3.34. The van der Waals surface area contributed by atoms with E-state index in [0.717, 1.165) is 45.0 Å². The lowest BCUT2D eigenvalue weighted by atomic mass is 9.95. The van der Waals surface area contributed by atoms with Crippen molar-refractivity contribution >= 4 is 11.9 Å². The maximum absolute atomic E-state index is 11.1. The molecule has 0 saturated carbocycles. The molecule has 6 nitrogen and oxygen atoms in total. The highest BCUT2D eigenvalue weighted by Crippen LogP contribution is 2.19. The fourth-order valence-corrected chi connectivity index (χ4v) is 2.49. The molecule has 0 radical (unpaired) electrons. The predicted molar refractivity (Wildman–Crippen MR) is 80.6 cm³/mol. The van der Waals surface area contributed by atoms with Crippen LogP contribution in [0.4, 0.5) is 0 Å². The van der Waals surface area contributed by atoms with Crippen LogP contribution < -0.4 is 11.1 Å². The van der Waals surface area contributed by atoms with Gasteiger partial charge >= 0.3 is 0 Å². The van der Waals surface area contributed by atoms with Crippen molar-refractivity contribution in [1.82, 2.24) is 10.2 Å². The van der Waals surface area contributed by atoms with Gasteiger partial charge in [-0.15, -0.1) is 0 Å². The molecule has 1 rings (SSSR count). The molecular weight excluding hydrogens is 256 g/mol. The second kappa shape index (κ2) is 9.58. The van der Waals surface area contributed by atoms with Crippen molar-refractivity contribution in [2.45, 2.75) is 33.1 Å². The number of carbonyl (C=O) groups excluding carboxylic acids is 1. The average Bonchev–Trinajstić information content (AvgIpc) is 2.42. The molecule has 1 saturated heterocycles. The van der Waals surface area contributed by atoms with E-state index in [4.69, 9.17) is 10.5 Å². The summed E-state index contributed by atoms with van der Waals surface area (Å²) >= 11 is 0. The highest BCUT2D eigenvalue weighted by atomic mass is 16.5. The maximum atomic E-state index is 11.1. The fraction of sp³-hybridized carbons (Fsp3) is 0.857. The van der Waals surface area contributed by atoms with E-state index in [9.17, 15) is 4.79 Å². The van der Waals surface area contributed by atoms with Gasteiger partial charge in [-0.25, -0.2) is 0 Å². The fourth-order valence-electron chi connectivity index (χ4n) is 2.49. The van der Waals surface area contributed by atoms with Crippen LogP contribution in [0.25, 0.3) is 0 Å².